The Labute approximate surface area is 131 Å². The molecular weight excluding hydrogens is 359 g/mol. The third-order valence-electron chi connectivity index (χ3n) is 3.95. The van der Waals surface area contributed by atoms with E-state index in [-0.39, 0.29) is 30.4 Å². The number of carbonyl (C=O) groups excluding carboxylic acids is 1. The van der Waals surface area contributed by atoms with Gasteiger partial charge < -0.3 is 15.6 Å². The molecule has 2 aliphatic rings. The van der Waals surface area contributed by atoms with E-state index in [2.05, 4.69) is 4.90 Å². The van der Waals surface area contributed by atoms with Crippen molar-refractivity contribution in [3.63, 3.8) is 0 Å². The fourth-order valence-electron chi connectivity index (χ4n) is 2.75. The molecule has 1 saturated heterocycles. The molecule has 1 amide bonds. The first-order chi connectivity index (χ1) is 8.57. The number of β-amino-alcohol motifs (C(OH)–C–C–N with tert-alkyl or cyclic N) is 1. The smallest absolute Gasteiger partial charge is 0.220 e. The minimum absolute atomic E-state index is 0. The maximum Gasteiger partial charge on any atom is 0.220 e. The lowest BCUT2D eigenvalue weighted by Crippen LogP contribution is -2.50. The molecule has 1 saturated carbocycles. The highest BCUT2D eigenvalue weighted by molar-refractivity contribution is 14.0. The van der Waals surface area contributed by atoms with Crippen molar-refractivity contribution in [1.82, 2.24) is 4.90 Å². The van der Waals surface area contributed by atoms with E-state index in [4.69, 9.17) is 10.5 Å². The lowest BCUT2D eigenvalue weighted by atomic mass is 9.89. The number of nitrogens with two attached hydrogens (primary N) is 1. The molecule has 1 aliphatic carbocycles. The van der Waals surface area contributed by atoms with E-state index in [0.717, 1.165) is 26.1 Å². The quantitative estimate of drug-likeness (QED) is 0.667. The van der Waals surface area contributed by atoms with E-state index in [1.165, 1.54) is 19.3 Å². The van der Waals surface area contributed by atoms with Gasteiger partial charge in [-0.2, -0.15) is 0 Å². The van der Waals surface area contributed by atoms with Gasteiger partial charge in [-0.1, -0.05) is 0 Å². The predicted molar refractivity (Wildman–Crippen MR) is 83.4 cm³/mol. The summed E-state index contributed by atoms with van der Waals surface area (Å²) in [7, 11) is 0. The van der Waals surface area contributed by atoms with Crippen LogP contribution in [0.2, 0.25) is 0 Å². The maximum absolute atomic E-state index is 10.9. The van der Waals surface area contributed by atoms with Gasteiger partial charge in [0.05, 0.1) is 24.7 Å². The van der Waals surface area contributed by atoms with Gasteiger partial charge in [0.25, 0.3) is 0 Å². The molecule has 0 aromatic heterocycles. The van der Waals surface area contributed by atoms with Crippen LogP contribution in [0.5, 0.6) is 0 Å². The Morgan fingerprint density at radius 2 is 2.16 bits per heavy atom. The Hall–Kier alpha value is 0.0800. The number of amides is 1. The first-order valence-electron chi connectivity index (χ1n) is 6.92. The Morgan fingerprint density at radius 3 is 2.74 bits per heavy atom. The zero-order chi connectivity index (χ0) is 13.0. The van der Waals surface area contributed by atoms with Crippen molar-refractivity contribution in [2.24, 2.45) is 5.73 Å². The van der Waals surface area contributed by atoms with E-state index < -0.39 is 11.5 Å². The number of ether oxygens (including phenoxy) is 1. The highest BCUT2D eigenvalue weighted by Crippen LogP contribution is 2.25. The van der Waals surface area contributed by atoms with Crippen LogP contribution in [0, 0.1) is 0 Å². The number of aliphatic hydroxyl groups is 1. The van der Waals surface area contributed by atoms with Gasteiger partial charge in [-0.15, -0.1) is 24.0 Å². The summed E-state index contributed by atoms with van der Waals surface area (Å²) in [6, 6.07) is 0. The van der Waals surface area contributed by atoms with Gasteiger partial charge in [-0.25, -0.2) is 0 Å². The van der Waals surface area contributed by atoms with Crippen LogP contribution < -0.4 is 5.73 Å². The minimum Gasteiger partial charge on any atom is -0.388 e. The standard InChI is InChI=1S/C13H24N2O3.HI/c14-12(16)9-13(17)5-2-6-15(10-13)7-8-18-11-3-1-4-11;/h11,17H,1-10H2,(H2,14,16);1H. The maximum atomic E-state index is 10.9. The second-order valence-electron chi connectivity index (χ2n) is 5.67. The van der Waals surface area contributed by atoms with Gasteiger partial charge in [0, 0.05) is 13.1 Å². The molecule has 1 heterocycles. The highest BCUT2D eigenvalue weighted by Gasteiger charge is 2.34. The Balaban J connectivity index is 0.00000180. The van der Waals surface area contributed by atoms with Crippen LogP contribution in [-0.4, -0.2) is 53.9 Å². The molecule has 1 aliphatic heterocycles. The minimum atomic E-state index is -0.930. The number of primary amides is 1. The van der Waals surface area contributed by atoms with Crippen LogP contribution in [0.15, 0.2) is 0 Å². The first-order valence-corrected chi connectivity index (χ1v) is 6.92. The number of hydrogen-bond donors (Lipinski definition) is 2. The van der Waals surface area contributed by atoms with Gasteiger partial charge in [-0.3, -0.25) is 9.69 Å². The van der Waals surface area contributed by atoms with Crippen molar-refractivity contribution >= 4 is 29.9 Å². The number of piperidine rings is 1. The van der Waals surface area contributed by atoms with E-state index in [9.17, 15) is 9.90 Å². The number of nitrogens with zero attached hydrogens (tertiary/aromatic N) is 1. The van der Waals surface area contributed by atoms with Crippen molar-refractivity contribution in [2.75, 3.05) is 26.2 Å². The molecule has 0 bridgehead atoms. The summed E-state index contributed by atoms with van der Waals surface area (Å²) in [4.78, 5) is 13.1. The fourth-order valence-corrected chi connectivity index (χ4v) is 2.75. The van der Waals surface area contributed by atoms with Gasteiger partial charge >= 0.3 is 0 Å². The SMILES string of the molecule is I.NC(=O)CC1(O)CCCN(CCOC2CCC2)C1. The molecule has 0 spiro atoms. The van der Waals surface area contributed by atoms with Gasteiger partial charge in [0.15, 0.2) is 0 Å². The normalized spacial score (nSPS) is 28.5. The summed E-state index contributed by atoms with van der Waals surface area (Å²) in [5, 5.41) is 10.3. The monoisotopic (exact) mass is 384 g/mol. The molecular formula is C13H25IN2O3. The van der Waals surface area contributed by atoms with Crippen molar-refractivity contribution in [3.05, 3.63) is 0 Å². The molecule has 1 unspecified atom stereocenters. The second-order valence-corrected chi connectivity index (χ2v) is 5.67. The Kier molecular flexibility index (Phi) is 6.99. The third kappa shape index (κ3) is 5.53. The summed E-state index contributed by atoms with van der Waals surface area (Å²) in [6.07, 6.45) is 5.75. The van der Waals surface area contributed by atoms with Crippen molar-refractivity contribution in [3.8, 4) is 0 Å². The molecule has 0 aromatic carbocycles. The van der Waals surface area contributed by atoms with E-state index in [1.807, 2.05) is 0 Å². The summed E-state index contributed by atoms with van der Waals surface area (Å²) in [5.41, 5.74) is 4.25. The molecule has 1 atom stereocenters. The third-order valence-corrected chi connectivity index (χ3v) is 3.95. The number of rotatable bonds is 6. The van der Waals surface area contributed by atoms with E-state index in [0.29, 0.717) is 19.1 Å². The molecule has 112 valence electrons. The van der Waals surface area contributed by atoms with Crippen LogP contribution in [0.1, 0.15) is 38.5 Å². The summed E-state index contributed by atoms with van der Waals surface area (Å²) < 4.78 is 5.72. The molecule has 2 fully saturated rings. The molecule has 2 rings (SSSR count). The molecule has 3 N–H and O–H groups in total. The van der Waals surface area contributed by atoms with Crippen LogP contribution in [0.4, 0.5) is 0 Å². The fraction of sp³-hybridized carbons (Fsp3) is 0.923. The number of likely N-dealkylation sites (tertiary alicyclic amines) is 1. The van der Waals surface area contributed by atoms with Gasteiger partial charge in [0.2, 0.25) is 5.91 Å². The summed E-state index contributed by atoms with van der Waals surface area (Å²) >= 11 is 0. The van der Waals surface area contributed by atoms with Crippen LogP contribution in [-0.2, 0) is 9.53 Å². The van der Waals surface area contributed by atoms with Crippen molar-refractivity contribution < 1.29 is 14.6 Å². The predicted octanol–water partition coefficient (Wildman–Crippen LogP) is 0.876. The Morgan fingerprint density at radius 1 is 1.42 bits per heavy atom. The molecule has 19 heavy (non-hydrogen) atoms. The zero-order valence-electron chi connectivity index (χ0n) is 11.3. The largest absolute Gasteiger partial charge is 0.388 e. The van der Waals surface area contributed by atoms with Crippen molar-refractivity contribution in [1.29, 1.82) is 0 Å². The van der Waals surface area contributed by atoms with Crippen LogP contribution >= 0.6 is 24.0 Å². The van der Waals surface area contributed by atoms with E-state index >= 15 is 0 Å². The van der Waals surface area contributed by atoms with Crippen molar-refractivity contribution in [2.45, 2.75) is 50.2 Å². The first kappa shape index (κ1) is 17.1. The average Bonchev–Trinajstić information content (AvgIpc) is 2.20. The molecule has 6 heteroatoms. The second kappa shape index (κ2) is 7.75. The highest BCUT2D eigenvalue weighted by atomic mass is 127. The number of carbonyl (C=O) groups is 1. The molecule has 0 radical (unpaired) electrons. The van der Waals surface area contributed by atoms with Crippen LogP contribution in [0.3, 0.4) is 0 Å². The lowest BCUT2D eigenvalue weighted by molar-refractivity contribution is -0.126. The number of hydrogen-bond acceptors (Lipinski definition) is 4. The Bertz CT molecular complexity index is 300. The molecule has 0 aromatic rings. The van der Waals surface area contributed by atoms with Crippen LogP contribution in [0.25, 0.3) is 0 Å². The summed E-state index contributed by atoms with van der Waals surface area (Å²) in [6.45, 7) is 3.05. The average molecular weight is 384 g/mol. The summed E-state index contributed by atoms with van der Waals surface area (Å²) in [5.74, 6) is -0.426. The topological polar surface area (TPSA) is 75.8 Å². The number of halogens is 1. The zero-order valence-corrected chi connectivity index (χ0v) is 13.7. The lowest BCUT2D eigenvalue weighted by Gasteiger charge is -2.39. The molecule has 5 nitrogen and oxygen atoms in total. The van der Waals surface area contributed by atoms with Gasteiger partial charge in [0.1, 0.15) is 0 Å². The van der Waals surface area contributed by atoms with Gasteiger partial charge in [-0.05, 0) is 38.6 Å². The van der Waals surface area contributed by atoms with E-state index in [1.54, 1.807) is 0 Å².